The molecule has 4 N–H and O–H groups in total. The van der Waals surface area contributed by atoms with E-state index < -0.39 is 23.9 Å². The highest BCUT2D eigenvalue weighted by Gasteiger charge is 1.80. The molecule has 0 heterocycles. The lowest BCUT2D eigenvalue weighted by molar-refractivity contribution is -0.135. The molecule has 1 aromatic rings. The van der Waals surface area contributed by atoms with Gasteiger partial charge in [0, 0.05) is 27.7 Å². The number of carbonyl (C=O) groups is 4. The number of hydrogen-bond acceptors (Lipinski definition) is 4. The van der Waals surface area contributed by atoms with E-state index in [0.29, 0.717) is 0 Å². The van der Waals surface area contributed by atoms with Gasteiger partial charge in [-0.2, -0.15) is 0 Å². The Bertz CT molecular complexity index is 390. The predicted molar refractivity (Wildman–Crippen MR) is 88.7 cm³/mol. The highest BCUT2D eigenvalue weighted by atomic mass is 16.4. The Balaban J connectivity index is -0.000000110. The van der Waals surface area contributed by atoms with Crippen LogP contribution in [0.1, 0.15) is 33.3 Å². The van der Waals surface area contributed by atoms with Crippen molar-refractivity contribution >= 4 is 23.9 Å². The Morgan fingerprint density at radius 2 is 0.917 bits per heavy atom. The number of benzene rings is 1. The van der Waals surface area contributed by atoms with Crippen LogP contribution in [0.25, 0.3) is 0 Å². The van der Waals surface area contributed by atoms with E-state index >= 15 is 0 Å². The summed E-state index contributed by atoms with van der Waals surface area (Å²) in [5, 5.41) is 29.7. The summed E-state index contributed by atoms with van der Waals surface area (Å²) in [6.07, 6.45) is 0.890. The molecule has 0 fully saturated rings. The highest BCUT2D eigenvalue weighted by Crippen LogP contribution is 1.96. The molecule has 0 aliphatic carbocycles. The van der Waals surface area contributed by atoms with Crippen LogP contribution in [0.4, 0.5) is 0 Å². The van der Waals surface area contributed by atoms with Gasteiger partial charge in [0.15, 0.2) is 0 Å². The van der Waals surface area contributed by atoms with Crippen molar-refractivity contribution in [2.75, 3.05) is 0 Å². The van der Waals surface area contributed by atoms with E-state index in [-0.39, 0.29) is 0 Å². The predicted octanol–water partition coefficient (Wildman–Crippen LogP) is 2.43. The van der Waals surface area contributed by atoms with Crippen LogP contribution < -0.4 is 0 Å². The van der Waals surface area contributed by atoms with Crippen molar-refractivity contribution in [3.05, 3.63) is 42.8 Å². The average Bonchev–Trinajstić information content (AvgIpc) is 2.37. The van der Waals surface area contributed by atoms with Gasteiger partial charge in [-0.15, -0.1) is 0 Å². The molecular weight excluding hydrogens is 320 g/mol. The van der Waals surface area contributed by atoms with Crippen LogP contribution in [0.3, 0.4) is 0 Å². The van der Waals surface area contributed by atoms with Crippen molar-refractivity contribution in [3.63, 3.8) is 0 Å². The van der Waals surface area contributed by atoms with Gasteiger partial charge in [-0.05, 0) is 18.9 Å². The van der Waals surface area contributed by atoms with Gasteiger partial charge in [-0.25, -0.2) is 0 Å². The molecule has 1 radical (unpaired) electrons. The first-order valence-electron chi connectivity index (χ1n) is 6.48. The first-order chi connectivity index (χ1) is 10.9. The standard InChI is InChI=1S/C8H9.4C2H4O2/c1-2-8-6-4-3-5-7-8;4*1-2(3)4/h3-7H,1-2H2;4*1H3,(H,3,4). The van der Waals surface area contributed by atoms with E-state index in [2.05, 4.69) is 19.1 Å². The Labute approximate surface area is 141 Å². The molecule has 0 aliphatic rings. The summed E-state index contributed by atoms with van der Waals surface area (Å²) in [4.78, 5) is 36.0. The third kappa shape index (κ3) is 124. The SMILES string of the molecule is CC(=O)O.CC(=O)O.CC(=O)O.CC(=O)O.[CH2]Cc1ccccc1. The van der Waals surface area contributed by atoms with E-state index in [4.69, 9.17) is 39.6 Å². The van der Waals surface area contributed by atoms with E-state index in [1.807, 2.05) is 18.2 Å². The average molecular weight is 345 g/mol. The number of carboxylic acids is 4. The summed E-state index contributed by atoms with van der Waals surface area (Å²) in [5.41, 5.74) is 1.30. The molecule has 8 nitrogen and oxygen atoms in total. The molecule has 0 aliphatic heterocycles. The minimum atomic E-state index is -0.833. The molecule has 0 amide bonds. The quantitative estimate of drug-likeness (QED) is 0.606. The van der Waals surface area contributed by atoms with E-state index in [0.717, 1.165) is 34.1 Å². The molecule has 0 unspecified atom stereocenters. The minimum Gasteiger partial charge on any atom is -0.481 e. The fourth-order valence-corrected chi connectivity index (χ4v) is 0.645. The van der Waals surface area contributed by atoms with Crippen molar-refractivity contribution in [1.82, 2.24) is 0 Å². The van der Waals surface area contributed by atoms with E-state index in [1.165, 1.54) is 5.56 Å². The molecule has 1 rings (SSSR count). The molecule has 0 saturated heterocycles. The molecule has 8 heteroatoms. The van der Waals surface area contributed by atoms with Crippen LogP contribution >= 0.6 is 0 Å². The fraction of sp³-hybridized carbons (Fsp3) is 0.312. The lowest BCUT2D eigenvalue weighted by Crippen LogP contribution is -1.78. The Hall–Kier alpha value is -2.90. The lowest BCUT2D eigenvalue weighted by atomic mass is 10.2. The molecule has 1 aromatic carbocycles. The number of rotatable bonds is 1. The molecular formula is C16H25O8. The number of carboxylic acid groups (broad SMARTS) is 4. The van der Waals surface area contributed by atoms with Crippen LogP contribution in [0.5, 0.6) is 0 Å². The van der Waals surface area contributed by atoms with Crippen LogP contribution in [-0.4, -0.2) is 44.3 Å². The summed E-state index contributed by atoms with van der Waals surface area (Å²) >= 11 is 0. The van der Waals surface area contributed by atoms with Crippen molar-refractivity contribution in [3.8, 4) is 0 Å². The van der Waals surface area contributed by atoms with Gasteiger partial charge in [0.05, 0.1) is 0 Å². The van der Waals surface area contributed by atoms with E-state index in [9.17, 15) is 0 Å². The summed E-state index contributed by atoms with van der Waals surface area (Å²) in [5.74, 6) is -3.33. The molecule has 0 bridgehead atoms. The molecule has 0 saturated carbocycles. The zero-order valence-corrected chi connectivity index (χ0v) is 14.2. The van der Waals surface area contributed by atoms with Gasteiger partial charge in [-0.1, -0.05) is 30.3 Å². The molecule has 0 atom stereocenters. The minimum absolute atomic E-state index is 0.833. The molecule has 24 heavy (non-hydrogen) atoms. The van der Waals surface area contributed by atoms with Gasteiger partial charge in [0.2, 0.25) is 0 Å². The second-order valence-corrected chi connectivity index (χ2v) is 3.81. The Morgan fingerprint density at radius 3 is 1.04 bits per heavy atom. The van der Waals surface area contributed by atoms with Crippen LogP contribution in [0.2, 0.25) is 0 Å². The third-order valence-corrected chi connectivity index (χ3v) is 1.13. The highest BCUT2D eigenvalue weighted by molar-refractivity contribution is 5.63. The fourth-order valence-electron chi connectivity index (χ4n) is 0.645. The van der Waals surface area contributed by atoms with Gasteiger partial charge < -0.3 is 20.4 Å². The largest absolute Gasteiger partial charge is 0.481 e. The summed E-state index contributed by atoms with van der Waals surface area (Å²) in [6, 6.07) is 10.2. The van der Waals surface area contributed by atoms with Gasteiger partial charge in [0.25, 0.3) is 23.9 Å². The Kier molecular flexibility index (Phi) is 27.2. The number of aliphatic carboxylic acids is 4. The maximum absolute atomic E-state index is 9.00. The first-order valence-corrected chi connectivity index (χ1v) is 6.48. The number of hydrogen-bond donors (Lipinski definition) is 4. The lowest BCUT2D eigenvalue weighted by Gasteiger charge is -1.89. The van der Waals surface area contributed by atoms with Crippen molar-refractivity contribution in [2.24, 2.45) is 0 Å². The van der Waals surface area contributed by atoms with Crippen LogP contribution in [0, 0.1) is 6.92 Å². The zero-order chi connectivity index (χ0) is 20.1. The second kappa shape index (κ2) is 22.4. The van der Waals surface area contributed by atoms with Crippen LogP contribution in [-0.2, 0) is 25.6 Å². The monoisotopic (exact) mass is 345 g/mol. The molecule has 0 spiro atoms. The normalized spacial score (nSPS) is 7.21. The zero-order valence-electron chi connectivity index (χ0n) is 14.2. The van der Waals surface area contributed by atoms with E-state index in [1.54, 1.807) is 0 Å². The van der Waals surface area contributed by atoms with Crippen molar-refractivity contribution in [1.29, 1.82) is 0 Å². The summed E-state index contributed by atoms with van der Waals surface area (Å²) < 4.78 is 0. The van der Waals surface area contributed by atoms with Crippen molar-refractivity contribution in [2.45, 2.75) is 34.1 Å². The topological polar surface area (TPSA) is 149 Å². The van der Waals surface area contributed by atoms with Crippen molar-refractivity contribution < 1.29 is 39.6 Å². The summed E-state index contributed by atoms with van der Waals surface area (Å²) in [6.45, 7) is 8.09. The molecule has 137 valence electrons. The van der Waals surface area contributed by atoms with Gasteiger partial charge in [-0.3, -0.25) is 19.2 Å². The third-order valence-electron chi connectivity index (χ3n) is 1.13. The van der Waals surface area contributed by atoms with Crippen LogP contribution in [0.15, 0.2) is 30.3 Å². The first kappa shape index (κ1) is 29.2. The maximum Gasteiger partial charge on any atom is 0.300 e. The summed E-state index contributed by atoms with van der Waals surface area (Å²) in [7, 11) is 0. The Morgan fingerprint density at radius 1 is 0.708 bits per heavy atom. The smallest absolute Gasteiger partial charge is 0.300 e. The molecule has 0 aromatic heterocycles. The van der Waals surface area contributed by atoms with Gasteiger partial charge >= 0.3 is 0 Å². The van der Waals surface area contributed by atoms with Gasteiger partial charge in [0.1, 0.15) is 0 Å². The maximum atomic E-state index is 9.00. The second-order valence-electron chi connectivity index (χ2n) is 3.81.